The number of Topliss-reactive ketones (excluding diaryl/α,β-unsaturated/α-hetero) is 1. The number of carbonyl (C=O) groups is 1. The standard InChI is InChI=1S/C16H17F3N2O2/c1-11(2)7-15(22)13-8-20-21(10-13)9-12-3-5-14(6-4-12)23-16(17,18)19/h3-6,8,10-11H,7,9H2,1-2H3. The summed E-state index contributed by atoms with van der Waals surface area (Å²) < 4.78 is 41.7. The van der Waals surface area contributed by atoms with Gasteiger partial charge in [-0.1, -0.05) is 26.0 Å². The van der Waals surface area contributed by atoms with Crippen molar-refractivity contribution in [2.45, 2.75) is 33.2 Å². The molecule has 2 aromatic rings. The molecule has 23 heavy (non-hydrogen) atoms. The molecule has 2 rings (SSSR count). The van der Waals surface area contributed by atoms with E-state index in [-0.39, 0.29) is 17.5 Å². The summed E-state index contributed by atoms with van der Waals surface area (Å²) in [6.07, 6.45) is -1.10. The Bertz CT molecular complexity index is 661. The van der Waals surface area contributed by atoms with Crippen LogP contribution in [0.5, 0.6) is 5.75 Å². The fraction of sp³-hybridized carbons (Fsp3) is 0.375. The summed E-state index contributed by atoms with van der Waals surface area (Å²) in [4.78, 5) is 11.9. The summed E-state index contributed by atoms with van der Waals surface area (Å²) >= 11 is 0. The van der Waals surface area contributed by atoms with Gasteiger partial charge in [-0.15, -0.1) is 13.2 Å². The van der Waals surface area contributed by atoms with Crippen LogP contribution in [0.15, 0.2) is 36.7 Å². The molecule has 124 valence electrons. The smallest absolute Gasteiger partial charge is 0.406 e. The first-order valence-electron chi connectivity index (χ1n) is 7.13. The van der Waals surface area contributed by atoms with Crippen molar-refractivity contribution in [1.82, 2.24) is 9.78 Å². The Morgan fingerprint density at radius 1 is 1.26 bits per heavy atom. The van der Waals surface area contributed by atoms with Crippen LogP contribution in [-0.4, -0.2) is 21.9 Å². The average Bonchev–Trinajstić information content (AvgIpc) is 2.87. The van der Waals surface area contributed by atoms with Gasteiger partial charge in [-0.2, -0.15) is 5.10 Å². The van der Waals surface area contributed by atoms with Crippen molar-refractivity contribution in [1.29, 1.82) is 0 Å². The lowest BCUT2D eigenvalue weighted by molar-refractivity contribution is -0.274. The Labute approximate surface area is 131 Å². The van der Waals surface area contributed by atoms with E-state index in [1.807, 2.05) is 13.8 Å². The maximum atomic E-state index is 12.1. The number of hydrogen-bond donors (Lipinski definition) is 0. The summed E-state index contributed by atoms with van der Waals surface area (Å²) in [7, 11) is 0. The van der Waals surface area contributed by atoms with E-state index < -0.39 is 6.36 Å². The van der Waals surface area contributed by atoms with Crippen molar-refractivity contribution in [3.05, 3.63) is 47.8 Å². The number of rotatable bonds is 6. The molecule has 0 saturated heterocycles. The van der Waals surface area contributed by atoms with E-state index >= 15 is 0 Å². The average molecular weight is 326 g/mol. The van der Waals surface area contributed by atoms with E-state index in [1.165, 1.54) is 30.5 Å². The minimum absolute atomic E-state index is 0.0279. The highest BCUT2D eigenvalue weighted by Gasteiger charge is 2.30. The number of nitrogens with zero attached hydrogens (tertiary/aromatic N) is 2. The molecule has 0 bridgehead atoms. The number of aromatic nitrogens is 2. The van der Waals surface area contributed by atoms with Gasteiger partial charge in [0, 0.05) is 12.6 Å². The molecule has 1 aromatic carbocycles. The number of alkyl halides is 3. The second kappa shape index (κ2) is 6.85. The lowest BCUT2D eigenvalue weighted by Gasteiger charge is -2.09. The van der Waals surface area contributed by atoms with Crippen LogP contribution in [0.4, 0.5) is 13.2 Å². The highest BCUT2D eigenvalue weighted by molar-refractivity contribution is 5.95. The first kappa shape index (κ1) is 17.1. The molecular formula is C16H17F3N2O2. The summed E-state index contributed by atoms with van der Waals surface area (Å²) in [6, 6.07) is 5.55. The Morgan fingerprint density at radius 2 is 1.91 bits per heavy atom. The summed E-state index contributed by atoms with van der Waals surface area (Å²) in [5, 5.41) is 4.11. The molecule has 0 radical (unpaired) electrons. The Morgan fingerprint density at radius 3 is 2.48 bits per heavy atom. The van der Waals surface area contributed by atoms with Crippen molar-refractivity contribution < 1.29 is 22.7 Å². The van der Waals surface area contributed by atoms with Gasteiger partial charge in [0.25, 0.3) is 0 Å². The highest BCUT2D eigenvalue weighted by Crippen LogP contribution is 2.23. The predicted octanol–water partition coefficient (Wildman–Crippen LogP) is 4.06. The molecule has 0 atom stereocenters. The Hall–Kier alpha value is -2.31. The third kappa shape index (κ3) is 5.43. The Balaban J connectivity index is 2.00. The van der Waals surface area contributed by atoms with Crippen molar-refractivity contribution >= 4 is 5.78 Å². The maximum Gasteiger partial charge on any atom is 0.573 e. The number of benzene rings is 1. The minimum atomic E-state index is -4.70. The Kier molecular flexibility index (Phi) is 5.08. The molecule has 0 aliphatic heterocycles. The molecule has 0 N–H and O–H groups in total. The van der Waals surface area contributed by atoms with Gasteiger partial charge in [0.2, 0.25) is 0 Å². The second-order valence-electron chi connectivity index (χ2n) is 5.64. The van der Waals surface area contributed by atoms with Gasteiger partial charge in [0.1, 0.15) is 5.75 Å². The largest absolute Gasteiger partial charge is 0.573 e. The molecule has 4 nitrogen and oxygen atoms in total. The molecule has 0 fully saturated rings. The van der Waals surface area contributed by atoms with Crippen molar-refractivity contribution in [2.75, 3.05) is 0 Å². The predicted molar refractivity (Wildman–Crippen MR) is 78.2 cm³/mol. The maximum absolute atomic E-state index is 12.1. The number of halogens is 3. The van der Waals surface area contributed by atoms with E-state index in [0.717, 1.165) is 5.56 Å². The number of hydrogen-bond acceptors (Lipinski definition) is 3. The van der Waals surface area contributed by atoms with E-state index in [2.05, 4.69) is 9.84 Å². The van der Waals surface area contributed by atoms with E-state index in [1.54, 1.807) is 10.9 Å². The zero-order valence-electron chi connectivity index (χ0n) is 12.8. The lowest BCUT2D eigenvalue weighted by atomic mass is 10.0. The van der Waals surface area contributed by atoms with Gasteiger partial charge >= 0.3 is 6.36 Å². The van der Waals surface area contributed by atoms with Crippen molar-refractivity contribution in [2.24, 2.45) is 5.92 Å². The van der Waals surface area contributed by atoms with Crippen LogP contribution in [0.1, 0.15) is 36.2 Å². The van der Waals surface area contributed by atoms with Crippen LogP contribution in [0.2, 0.25) is 0 Å². The van der Waals surface area contributed by atoms with Crippen LogP contribution in [0.3, 0.4) is 0 Å². The SMILES string of the molecule is CC(C)CC(=O)c1cnn(Cc2ccc(OC(F)(F)F)cc2)c1. The van der Waals surface area contributed by atoms with Gasteiger partial charge in [-0.05, 0) is 23.6 Å². The van der Waals surface area contributed by atoms with Gasteiger partial charge in [0.05, 0.1) is 18.3 Å². The fourth-order valence-electron chi connectivity index (χ4n) is 2.07. The van der Waals surface area contributed by atoms with Crippen molar-refractivity contribution in [3.8, 4) is 5.75 Å². The number of ketones is 1. The number of ether oxygens (including phenoxy) is 1. The van der Waals surface area contributed by atoms with Gasteiger partial charge < -0.3 is 4.74 Å². The van der Waals surface area contributed by atoms with E-state index in [9.17, 15) is 18.0 Å². The molecule has 1 heterocycles. The molecule has 1 aromatic heterocycles. The molecule has 0 amide bonds. The molecule has 0 unspecified atom stereocenters. The normalized spacial score (nSPS) is 11.7. The monoisotopic (exact) mass is 326 g/mol. The summed E-state index contributed by atoms with van der Waals surface area (Å²) in [6.45, 7) is 4.29. The zero-order chi connectivity index (χ0) is 17.0. The van der Waals surface area contributed by atoms with E-state index in [0.29, 0.717) is 18.5 Å². The van der Waals surface area contributed by atoms with Crippen LogP contribution < -0.4 is 4.74 Å². The molecule has 7 heteroatoms. The third-order valence-corrected chi connectivity index (χ3v) is 3.05. The molecule has 0 aliphatic rings. The first-order valence-corrected chi connectivity index (χ1v) is 7.13. The van der Waals surface area contributed by atoms with Gasteiger partial charge in [-0.25, -0.2) is 0 Å². The lowest BCUT2D eigenvalue weighted by Crippen LogP contribution is -2.17. The number of carbonyl (C=O) groups excluding carboxylic acids is 1. The van der Waals surface area contributed by atoms with Crippen LogP contribution >= 0.6 is 0 Å². The van der Waals surface area contributed by atoms with E-state index in [4.69, 9.17) is 0 Å². The highest BCUT2D eigenvalue weighted by atomic mass is 19.4. The summed E-state index contributed by atoms with van der Waals surface area (Å²) in [5.41, 5.74) is 1.29. The third-order valence-electron chi connectivity index (χ3n) is 3.05. The van der Waals surface area contributed by atoms with Crippen LogP contribution in [0, 0.1) is 5.92 Å². The molecule has 0 aliphatic carbocycles. The zero-order valence-corrected chi connectivity index (χ0v) is 12.8. The topological polar surface area (TPSA) is 44.1 Å². The molecular weight excluding hydrogens is 309 g/mol. The van der Waals surface area contributed by atoms with Gasteiger partial charge in [0.15, 0.2) is 5.78 Å². The van der Waals surface area contributed by atoms with Crippen molar-refractivity contribution in [3.63, 3.8) is 0 Å². The van der Waals surface area contributed by atoms with Gasteiger partial charge in [-0.3, -0.25) is 9.48 Å². The van der Waals surface area contributed by atoms with Crippen LogP contribution in [0.25, 0.3) is 0 Å². The second-order valence-corrected chi connectivity index (χ2v) is 5.64. The molecule has 0 saturated carbocycles. The van der Waals surface area contributed by atoms with Crippen LogP contribution in [-0.2, 0) is 6.54 Å². The first-order chi connectivity index (χ1) is 10.7. The minimum Gasteiger partial charge on any atom is -0.406 e. The molecule has 0 spiro atoms. The summed E-state index contributed by atoms with van der Waals surface area (Å²) in [5.74, 6) is 0.0294. The quantitative estimate of drug-likeness (QED) is 0.752. The fourth-order valence-corrected chi connectivity index (χ4v) is 2.07.